The van der Waals surface area contributed by atoms with Crippen LogP contribution in [0.4, 0.5) is 10.1 Å². The van der Waals surface area contributed by atoms with E-state index in [0.717, 1.165) is 30.5 Å². The van der Waals surface area contributed by atoms with Crippen LogP contribution < -0.4 is 11.1 Å². The second kappa shape index (κ2) is 4.72. The Hall–Kier alpha value is -0.610. The third kappa shape index (κ3) is 2.55. The third-order valence-corrected chi connectivity index (χ3v) is 3.71. The van der Waals surface area contributed by atoms with Crippen LogP contribution in [-0.2, 0) is 0 Å². The van der Waals surface area contributed by atoms with Gasteiger partial charge in [-0.3, -0.25) is 0 Å². The van der Waals surface area contributed by atoms with E-state index in [1.807, 2.05) is 6.92 Å². The number of nitrogens with two attached hydrogens (primary N) is 1. The first kappa shape index (κ1) is 11.9. The fourth-order valence-electron chi connectivity index (χ4n) is 2.17. The highest BCUT2D eigenvalue weighted by molar-refractivity contribution is 9.10. The lowest BCUT2D eigenvalue weighted by Crippen LogP contribution is -2.21. The maximum absolute atomic E-state index is 13.4. The monoisotopic (exact) mass is 286 g/mol. The number of anilines is 1. The van der Waals surface area contributed by atoms with Crippen molar-refractivity contribution < 1.29 is 4.39 Å². The van der Waals surface area contributed by atoms with Crippen LogP contribution in [0.3, 0.4) is 0 Å². The molecule has 0 aliphatic heterocycles. The molecule has 1 saturated carbocycles. The van der Waals surface area contributed by atoms with Gasteiger partial charge in [0.25, 0.3) is 0 Å². The van der Waals surface area contributed by atoms with Crippen molar-refractivity contribution in [3.63, 3.8) is 0 Å². The highest BCUT2D eigenvalue weighted by Crippen LogP contribution is 2.27. The minimum absolute atomic E-state index is 0.226. The van der Waals surface area contributed by atoms with Gasteiger partial charge in [-0.2, -0.15) is 0 Å². The van der Waals surface area contributed by atoms with Crippen molar-refractivity contribution in [2.24, 2.45) is 5.73 Å². The van der Waals surface area contributed by atoms with Gasteiger partial charge in [0.15, 0.2) is 0 Å². The Bertz CT molecular complexity index is 395. The van der Waals surface area contributed by atoms with Gasteiger partial charge in [-0.1, -0.05) is 0 Å². The van der Waals surface area contributed by atoms with Gasteiger partial charge < -0.3 is 11.1 Å². The van der Waals surface area contributed by atoms with Crippen LogP contribution in [-0.4, -0.2) is 12.1 Å². The summed E-state index contributed by atoms with van der Waals surface area (Å²) in [6.45, 7) is 1.97. The Morgan fingerprint density at radius 3 is 2.81 bits per heavy atom. The van der Waals surface area contributed by atoms with E-state index in [1.165, 1.54) is 0 Å². The van der Waals surface area contributed by atoms with Crippen LogP contribution in [0.25, 0.3) is 0 Å². The van der Waals surface area contributed by atoms with E-state index in [9.17, 15) is 4.39 Å². The average molecular weight is 287 g/mol. The van der Waals surface area contributed by atoms with E-state index >= 15 is 0 Å². The van der Waals surface area contributed by atoms with E-state index in [0.29, 0.717) is 10.5 Å². The quantitative estimate of drug-likeness (QED) is 0.876. The zero-order valence-corrected chi connectivity index (χ0v) is 10.8. The highest BCUT2D eigenvalue weighted by Gasteiger charge is 2.22. The molecule has 0 spiro atoms. The molecule has 1 aliphatic carbocycles. The lowest BCUT2D eigenvalue weighted by molar-refractivity contribution is 0.620. The topological polar surface area (TPSA) is 38.0 Å². The zero-order chi connectivity index (χ0) is 11.7. The summed E-state index contributed by atoms with van der Waals surface area (Å²) in [5, 5.41) is 3.37. The number of rotatable bonds is 2. The maximum atomic E-state index is 13.4. The smallest absolute Gasteiger partial charge is 0.139 e. The van der Waals surface area contributed by atoms with Crippen LogP contribution in [0.15, 0.2) is 16.6 Å². The Labute approximate surface area is 104 Å². The minimum atomic E-state index is -0.226. The van der Waals surface area contributed by atoms with Gasteiger partial charge >= 0.3 is 0 Å². The normalized spacial score (nSPS) is 24.8. The third-order valence-electron chi connectivity index (χ3n) is 3.10. The standard InChI is InChI=1S/C12H16BrFN2/c1-7-4-10(13)11(14)6-12(7)16-9-3-2-8(15)5-9/h4,6,8-9,16H,2-3,5,15H2,1H3. The number of hydrogen-bond acceptors (Lipinski definition) is 2. The molecule has 0 bridgehead atoms. The van der Waals surface area contributed by atoms with Gasteiger partial charge in [0.05, 0.1) is 4.47 Å². The average Bonchev–Trinajstić information content (AvgIpc) is 2.60. The molecule has 2 atom stereocenters. The number of aryl methyl sites for hydroxylation is 1. The largest absolute Gasteiger partial charge is 0.382 e. The molecule has 0 saturated heterocycles. The highest BCUT2D eigenvalue weighted by atomic mass is 79.9. The Morgan fingerprint density at radius 2 is 2.19 bits per heavy atom. The molecule has 0 aromatic heterocycles. The molecule has 1 fully saturated rings. The van der Waals surface area contributed by atoms with Crippen molar-refractivity contribution in [2.75, 3.05) is 5.32 Å². The van der Waals surface area contributed by atoms with Gasteiger partial charge in [0.2, 0.25) is 0 Å². The molecule has 0 amide bonds. The summed E-state index contributed by atoms with van der Waals surface area (Å²) >= 11 is 3.18. The van der Waals surface area contributed by atoms with Crippen LogP contribution >= 0.6 is 15.9 Å². The lowest BCUT2D eigenvalue weighted by atomic mass is 10.1. The van der Waals surface area contributed by atoms with E-state index in [2.05, 4.69) is 21.2 Å². The molecule has 1 aliphatic rings. The Balaban J connectivity index is 2.12. The molecule has 2 rings (SSSR count). The van der Waals surface area contributed by atoms with Crippen molar-refractivity contribution in [1.29, 1.82) is 0 Å². The minimum Gasteiger partial charge on any atom is -0.382 e. The first-order chi connectivity index (χ1) is 7.56. The molecule has 1 aromatic carbocycles. The van der Waals surface area contributed by atoms with Gasteiger partial charge in [-0.25, -0.2) is 4.39 Å². The number of halogens is 2. The molecule has 4 heteroatoms. The summed E-state index contributed by atoms with van der Waals surface area (Å²) in [5.41, 5.74) is 7.77. The predicted molar refractivity (Wildman–Crippen MR) is 68.1 cm³/mol. The van der Waals surface area contributed by atoms with E-state index in [1.54, 1.807) is 12.1 Å². The summed E-state index contributed by atoms with van der Waals surface area (Å²) in [6, 6.07) is 4.02. The van der Waals surface area contributed by atoms with Crippen molar-refractivity contribution in [3.8, 4) is 0 Å². The summed E-state index contributed by atoms with van der Waals surface area (Å²) in [7, 11) is 0. The van der Waals surface area contributed by atoms with E-state index in [4.69, 9.17) is 5.73 Å². The predicted octanol–water partition coefficient (Wildman–Crippen LogP) is 3.19. The van der Waals surface area contributed by atoms with Crippen LogP contribution in [0.1, 0.15) is 24.8 Å². The fraction of sp³-hybridized carbons (Fsp3) is 0.500. The maximum Gasteiger partial charge on any atom is 0.139 e. The molecule has 0 heterocycles. The molecule has 0 radical (unpaired) electrons. The second-order valence-electron chi connectivity index (χ2n) is 4.50. The van der Waals surface area contributed by atoms with E-state index < -0.39 is 0 Å². The van der Waals surface area contributed by atoms with Gasteiger partial charge in [-0.15, -0.1) is 0 Å². The molecule has 88 valence electrons. The molecule has 16 heavy (non-hydrogen) atoms. The molecular weight excluding hydrogens is 271 g/mol. The van der Waals surface area contributed by atoms with Crippen molar-refractivity contribution in [1.82, 2.24) is 0 Å². The van der Waals surface area contributed by atoms with Crippen LogP contribution in [0, 0.1) is 12.7 Å². The van der Waals surface area contributed by atoms with Gasteiger partial charge in [-0.05, 0) is 59.8 Å². The molecule has 1 aromatic rings. The summed E-state index contributed by atoms with van der Waals surface area (Å²) in [6.07, 6.45) is 3.09. The summed E-state index contributed by atoms with van der Waals surface area (Å²) < 4.78 is 13.9. The first-order valence-corrected chi connectivity index (χ1v) is 6.33. The van der Waals surface area contributed by atoms with Crippen LogP contribution in [0.5, 0.6) is 0 Å². The number of nitrogens with one attached hydrogen (secondary N) is 1. The number of hydrogen-bond donors (Lipinski definition) is 2. The van der Waals surface area contributed by atoms with Crippen molar-refractivity contribution in [2.45, 2.75) is 38.3 Å². The summed E-state index contributed by atoms with van der Waals surface area (Å²) in [4.78, 5) is 0. The zero-order valence-electron chi connectivity index (χ0n) is 9.26. The summed E-state index contributed by atoms with van der Waals surface area (Å²) in [5.74, 6) is -0.226. The SMILES string of the molecule is Cc1cc(Br)c(F)cc1NC1CCC(N)C1. The Kier molecular flexibility index (Phi) is 3.50. The lowest BCUT2D eigenvalue weighted by Gasteiger charge is -2.16. The first-order valence-electron chi connectivity index (χ1n) is 5.54. The molecule has 3 N–H and O–H groups in total. The second-order valence-corrected chi connectivity index (χ2v) is 5.35. The Morgan fingerprint density at radius 1 is 1.44 bits per heavy atom. The van der Waals surface area contributed by atoms with Crippen molar-refractivity contribution >= 4 is 21.6 Å². The van der Waals surface area contributed by atoms with Crippen LogP contribution in [0.2, 0.25) is 0 Å². The number of benzene rings is 1. The van der Waals surface area contributed by atoms with Gasteiger partial charge in [0.1, 0.15) is 5.82 Å². The fourth-order valence-corrected chi connectivity index (χ4v) is 2.63. The van der Waals surface area contributed by atoms with Crippen molar-refractivity contribution in [3.05, 3.63) is 28.0 Å². The van der Waals surface area contributed by atoms with Gasteiger partial charge in [0, 0.05) is 17.8 Å². The molecule has 2 nitrogen and oxygen atoms in total. The molecular formula is C12H16BrFN2. The molecule has 2 unspecified atom stereocenters. The van der Waals surface area contributed by atoms with E-state index in [-0.39, 0.29) is 11.9 Å².